The molecule has 0 fully saturated rings. The third-order valence-electron chi connectivity index (χ3n) is 3.31. The van der Waals surface area contributed by atoms with E-state index < -0.39 is 9.04 Å². The van der Waals surface area contributed by atoms with E-state index in [4.69, 9.17) is 9.16 Å². The molecule has 1 heterocycles. The van der Waals surface area contributed by atoms with E-state index in [1.54, 1.807) is 0 Å². The van der Waals surface area contributed by atoms with Crippen LogP contribution in [-0.4, -0.2) is 21.8 Å². The Labute approximate surface area is 109 Å². The molecule has 0 amide bonds. The molecule has 18 heavy (non-hydrogen) atoms. The number of benzene rings is 2. The minimum Gasteiger partial charge on any atom is -0.487 e. The van der Waals surface area contributed by atoms with Gasteiger partial charge in [0.1, 0.15) is 11.9 Å². The maximum Gasteiger partial charge on any atom is 0.171 e. The lowest BCUT2D eigenvalue weighted by molar-refractivity contribution is 0.150. The summed E-state index contributed by atoms with van der Waals surface area (Å²) in [6.07, 6.45) is 1.17. The predicted octanol–water partition coefficient (Wildman–Crippen LogP) is 3.14. The van der Waals surface area contributed by atoms with Crippen LogP contribution in [0, 0.1) is 0 Å². The van der Waals surface area contributed by atoms with Gasteiger partial charge in [0.05, 0.1) is 6.61 Å². The molecule has 1 atom stereocenters. The van der Waals surface area contributed by atoms with Gasteiger partial charge in [-0.3, -0.25) is 0 Å². The van der Waals surface area contributed by atoms with Crippen molar-refractivity contribution in [3.63, 3.8) is 0 Å². The molecule has 2 nitrogen and oxygen atoms in total. The summed E-state index contributed by atoms with van der Waals surface area (Å²) in [5.74, 6) is 1.06. The van der Waals surface area contributed by atoms with Crippen molar-refractivity contribution in [2.75, 3.05) is 6.61 Å². The summed E-state index contributed by atoms with van der Waals surface area (Å²) in [5.41, 5.74) is 1.31. The highest BCUT2D eigenvalue weighted by Gasteiger charge is 2.24. The average Bonchev–Trinajstić information content (AvgIpc) is 2.79. The van der Waals surface area contributed by atoms with Gasteiger partial charge in [0.2, 0.25) is 0 Å². The molecule has 0 aliphatic carbocycles. The zero-order valence-corrected chi connectivity index (χ0v) is 12.0. The van der Waals surface area contributed by atoms with E-state index in [0.717, 1.165) is 18.8 Å². The quantitative estimate of drug-likeness (QED) is 0.787. The molecule has 0 saturated carbocycles. The molecule has 2 aromatic carbocycles. The minimum absolute atomic E-state index is 0.195. The van der Waals surface area contributed by atoms with Crippen molar-refractivity contribution >= 4 is 19.8 Å². The molecule has 0 aromatic heterocycles. The average molecular weight is 258 g/mol. The van der Waals surface area contributed by atoms with Crippen LogP contribution < -0.4 is 4.74 Å². The summed E-state index contributed by atoms with van der Waals surface area (Å²) in [4.78, 5) is 0. The van der Waals surface area contributed by atoms with Crippen molar-refractivity contribution in [3.05, 3.63) is 42.0 Å². The molecule has 0 radical (unpaired) electrons. The van der Waals surface area contributed by atoms with Crippen molar-refractivity contribution in [2.24, 2.45) is 0 Å². The van der Waals surface area contributed by atoms with Gasteiger partial charge in [-0.2, -0.15) is 0 Å². The van der Waals surface area contributed by atoms with Crippen molar-refractivity contribution in [2.45, 2.75) is 25.6 Å². The fraction of sp³-hybridized carbons (Fsp3) is 0.333. The van der Waals surface area contributed by atoms with Gasteiger partial charge in [0, 0.05) is 11.8 Å². The summed E-state index contributed by atoms with van der Waals surface area (Å²) in [6.45, 7) is 5.11. The minimum atomic E-state index is -0.954. The second-order valence-electron chi connectivity index (χ2n) is 5.10. The lowest BCUT2D eigenvalue weighted by atomic mass is 10.0. The Morgan fingerprint density at radius 2 is 2.06 bits per heavy atom. The smallest absolute Gasteiger partial charge is 0.171 e. The molecule has 2 aromatic rings. The van der Waals surface area contributed by atoms with Gasteiger partial charge >= 0.3 is 0 Å². The van der Waals surface area contributed by atoms with E-state index in [0.29, 0.717) is 0 Å². The Hall–Kier alpha value is -1.32. The summed E-state index contributed by atoms with van der Waals surface area (Å²) in [6, 6.07) is 12.8. The van der Waals surface area contributed by atoms with Crippen LogP contribution >= 0.6 is 0 Å². The monoisotopic (exact) mass is 258 g/mol. The Morgan fingerprint density at radius 1 is 1.22 bits per heavy atom. The Morgan fingerprint density at radius 3 is 2.89 bits per heavy atom. The fourth-order valence-electron chi connectivity index (χ4n) is 2.43. The van der Waals surface area contributed by atoms with Crippen LogP contribution in [-0.2, 0) is 10.8 Å². The number of hydrogen-bond acceptors (Lipinski definition) is 2. The summed E-state index contributed by atoms with van der Waals surface area (Å²) < 4.78 is 11.9. The van der Waals surface area contributed by atoms with Crippen LogP contribution in [0.5, 0.6) is 5.75 Å². The van der Waals surface area contributed by atoms with E-state index in [1.165, 1.54) is 16.3 Å². The maximum atomic E-state index is 6.07. The number of fused-ring (bicyclic) bond motifs is 3. The maximum absolute atomic E-state index is 6.07. The molecule has 0 spiro atoms. The molecule has 0 N–H and O–H groups in total. The third-order valence-corrected chi connectivity index (χ3v) is 4.17. The van der Waals surface area contributed by atoms with Gasteiger partial charge in [-0.25, -0.2) is 0 Å². The summed E-state index contributed by atoms with van der Waals surface area (Å²) in [5, 5.41) is 2.47. The van der Waals surface area contributed by atoms with E-state index >= 15 is 0 Å². The Balaban J connectivity index is 1.86. The number of ether oxygens (including phenoxy) is 1. The summed E-state index contributed by atoms with van der Waals surface area (Å²) >= 11 is 0. The first-order chi connectivity index (χ1) is 8.74. The van der Waals surface area contributed by atoms with Crippen LogP contribution in [0.2, 0.25) is 13.1 Å². The Kier molecular flexibility index (Phi) is 3.10. The van der Waals surface area contributed by atoms with Crippen molar-refractivity contribution in [1.29, 1.82) is 0 Å². The molecule has 0 bridgehead atoms. The highest BCUT2D eigenvalue weighted by Crippen LogP contribution is 2.36. The normalized spacial score (nSPS) is 18.1. The predicted molar refractivity (Wildman–Crippen MR) is 76.9 cm³/mol. The third kappa shape index (κ3) is 2.16. The highest BCUT2D eigenvalue weighted by atomic mass is 28.3. The largest absolute Gasteiger partial charge is 0.487 e. The molecule has 3 rings (SSSR count). The SMILES string of the molecule is C[SiH](C)OCC1Cc2ccc3ccccc3c2O1. The van der Waals surface area contributed by atoms with E-state index in [1.807, 2.05) is 0 Å². The van der Waals surface area contributed by atoms with Crippen molar-refractivity contribution < 1.29 is 9.16 Å². The van der Waals surface area contributed by atoms with Crippen molar-refractivity contribution in [3.8, 4) is 5.75 Å². The standard InChI is InChI=1S/C15H18O2Si/c1-18(2)16-10-13-9-12-8-7-11-5-3-4-6-14(11)15(12)17-13/h3-8,13,18H,9-10H2,1-2H3. The van der Waals surface area contributed by atoms with Gasteiger partial charge in [0.25, 0.3) is 0 Å². The Bertz CT molecular complexity index is 565. The van der Waals surface area contributed by atoms with Gasteiger partial charge in [0.15, 0.2) is 9.04 Å². The first kappa shape index (κ1) is 11.7. The summed E-state index contributed by atoms with van der Waals surface area (Å²) in [7, 11) is -0.954. The second-order valence-corrected chi connectivity index (χ2v) is 7.53. The fourth-order valence-corrected chi connectivity index (χ4v) is 3.03. The van der Waals surface area contributed by atoms with Crippen LogP contribution in [0.4, 0.5) is 0 Å². The lowest BCUT2D eigenvalue weighted by Gasteiger charge is -2.13. The molecular formula is C15H18O2Si. The number of rotatable bonds is 3. The topological polar surface area (TPSA) is 18.5 Å². The van der Waals surface area contributed by atoms with Crippen LogP contribution in [0.15, 0.2) is 36.4 Å². The van der Waals surface area contributed by atoms with Crippen LogP contribution in [0.3, 0.4) is 0 Å². The van der Waals surface area contributed by atoms with E-state index in [-0.39, 0.29) is 6.10 Å². The number of hydrogen-bond donors (Lipinski definition) is 0. The van der Waals surface area contributed by atoms with Crippen LogP contribution in [0.1, 0.15) is 5.56 Å². The van der Waals surface area contributed by atoms with Gasteiger partial charge in [-0.05, 0) is 24.0 Å². The van der Waals surface area contributed by atoms with Crippen LogP contribution in [0.25, 0.3) is 10.8 Å². The lowest BCUT2D eigenvalue weighted by Crippen LogP contribution is -2.24. The zero-order chi connectivity index (χ0) is 12.5. The molecule has 0 saturated heterocycles. The molecule has 3 heteroatoms. The molecule has 94 valence electrons. The molecule has 1 aliphatic heterocycles. The van der Waals surface area contributed by atoms with E-state index in [9.17, 15) is 0 Å². The molecular weight excluding hydrogens is 240 g/mol. The van der Waals surface area contributed by atoms with Gasteiger partial charge in [-0.1, -0.05) is 36.4 Å². The van der Waals surface area contributed by atoms with Gasteiger partial charge < -0.3 is 9.16 Å². The van der Waals surface area contributed by atoms with Gasteiger partial charge in [-0.15, -0.1) is 0 Å². The highest BCUT2D eigenvalue weighted by molar-refractivity contribution is 6.48. The zero-order valence-electron chi connectivity index (χ0n) is 10.8. The first-order valence-corrected chi connectivity index (χ1v) is 9.31. The second kappa shape index (κ2) is 4.75. The van der Waals surface area contributed by atoms with Crippen molar-refractivity contribution in [1.82, 2.24) is 0 Å². The van der Waals surface area contributed by atoms with E-state index in [2.05, 4.69) is 49.5 Å². The molecule has 1 aliphatic rings. The first-order valence-electron chi connectivity index (χ1n) is 6.53. The molecule has 1 unspecified atom stereocenters.